The first kappa shape index (κ1) is 25.9. The number of halogens is 1. The molecule has 1 heterocycles. The molecule has 34 heavy (non-hydrogen) atoms. The number of carbonyl (C=O) groups excluding carboxylic acids is 3. The van der Waals surface area contributed by atoms with E-state index in [-0.39, 0.29) is 36.6 Å². The minimum atomic E-state index is -0.673. The summed E-state index contributed by atoms with van der Waals surface area (Å²) in [5.41, 5.74) is 1.03. The van der Waals surface area contributed by atoms with Gasteiger partial charge in [0.05, 0.1) is 24.8 Å². The lowest BCUT2D eigenvalue weighted by molar-refractivity contribution is -0.145. The smallest absolute Gasteiger partial charge is 0.317 e. The van der Waals surface area contributed by atoms with Crippen molar-refractivity contribution in [1.82, 2.24) is 20.4 Å². The molecule has 1 aliphatic heterocycles. The van der Waals surface area contributed by atoms with Crippen molar-refractivity contribution in [2.45, 2.75) is 69.6 Å². The molecule has 188 valence electrons. The van der Waals surface area contributed by atoms with Gasteiger partial charge in [-0.05, 0) is 69.1 Å². The molecule has 2 N–H and O–H groups in total. The van der Waals surface area contributed by atoms with Gasteiger partial charge < -0.3 is 25.2 Å². The van der Waals surface area contributed by atoms with Gasteiger partial charge in [0.1, 0.15) is 5.82 Å². The maximum Gasteiger partial charge on any atom is 0.317 e. The Labute approximate surface area is 201 Å². The maximum absolute atomic E-state index is 13.6. The van der Waals surface area contributed by atoms with Crippen LogP contribution in [0.4, 0.5) is 9.18 Å². The zero-order valence-corrected chi connectivity index (χ0v) is 20.4. The molecular formula is C25H37FN4O4. The lowest BCUT2D eigenvalue weighted by Gasteiger charge is -2.42. The third-order valence-corrected chi connectivity index (χ3v) is 6.78. The Kier molecular flexibility index (Phi) is 9.27. The first-order valence-corrected chi connectivity index (χ1v) is 12.2. The molecule has 2 unspecified atom stereocenters. The van der Waals surface area contributed by atoms with Crippen molar-refractivity contribution < 1.29 is 23.5 Å². The van der Waals surface area contributed by atoms with Gasteiger partial charge in [0, 0.05) is 27.2 Å². The third-order valence-electron chi connectivity index (χ3n) is 6.78. The fourth-order valence-electron chi connectivity index (χ4n) is 4.93. The summed E-state index contributed by atoms with van der Waals surface area (Å²) in [7, 11) is 3.06. The molecule has 0 aromatic heterocycles. The average molecular weight is 477 g/mol. The molecule has 1 aromatic carbocycles. The molecule has 1 saturated carbocycles. The summed E-state index contributed by atoms with van der Waals surface area (Å²) >= 11 is 0. The van der Waals surface area contributed by atoms with E-state index in [1.165, 1.54) is 25.1 Å². The van der Waals surface area contributed by atoms with Crippen LogP contribution in [0.1, 0.15) is 56.9 Å². The van der Waals surface area contributed by atoms with Gasteiger partial charge in [-0.1, -0.05) is 12.1 Å². The second-order valence-corrected chi connectivity index (χ2v) is 9.38. The van der Waals surface area contributed by atoms with Crippen molar-refractivity contribution in [3.8, 4) is 0 Å². The molecule has 3 rings (SSSR count). The molecule has 0 radical (unpaired) electrons. The highest BCUT2D eigenvalue weighted by molar-refractivity contribution is 6.34. The number of ether oxygens (including phenoxy) is 1. The highest BCUT2D eigenvalue weighted by Gasteiger charge is 2.37. The molecule has 1 aromatic rings. The van der Waals surface area contributed by atoms with Crippen LogP contribution >= 0.6 is 0 Å². The summed E-state index contributed by atoms with van der Waals surface area (Å²) in [6.45, 7) is 3.22. The Hall–Kier alpha value is -2.68. The second kappa shape index (κ2) is 12.1. The first-order chi connectivity index (χ1) is 16.3. The summed E-state index contributed by atoms with van der Waals surface area (Å²) < 4.78 is 19.9. The van der Waals surface area contributed by atoms with E-state index >= 15 is 0 Å². The molecule has 8 nitrogen and oxygen atoms in total. The molecular weight excluding hydrogens is 439 g/mol. The molecule has 2 aliphatic rings. The predicted molar refractivity (Wildman–Crippen MR) is 127 cm³/mol. The van der Waals surface area contributed by atoms with Crippen molar-refractivity contribution in [2.75, 3.05) is 33.8 Å². The van der Waals surface area contributed by atoms with E-state index in [0.29, 0.717) is 25.4 Å². The summed E-state index contributed by atoms with van der Waals surface area (Å²) in [6, 6.07) is 5.89. The number of nitrogens with zero attached hydrogens (tertiary/aromatic N) is 2. The molecule has 0 spiro atoms. The molecule has 2 fully saturated rings. The number of piperidine rings is 1. The Morgan fingerprint density at radius 2 is 1.88 bits per heavy atom. The second-order valence-electron chi connectivity index (χ2n) is 9.38. The van der Waals surface area contributed by atoms with Crippen LogP contribution in [0.15, 0.2) is 24.3 Å². The van der Waals surface area contributed by atoms with Gasteiger partial charge in [-0.3, -0.25) is 9.59 Å². The maximum atomic E-state index is 13.6. The Morgan fingerprint density at radius 1 is 1.15 bits per heavy atom. The number of amides is 4. The fourth-order valence-corrected chi connectivity index (χ4v) is 4.93. The number of rotatable bonds is 6. The van der Waals surface area contributed by atoms with Crippen LogP contribution in [-0.4, -0.2) is 79.6 Å². The van der Waals surface area contributed by atoms with Crippen LogP contribution < -0.4 is 10.6 Å². The Balaban J connectivity index is 1.61. The topological polar surface area (TPSA) is 91.0 Å². The third kappa shape index (κ3) is 6.68. The zero-order valence-electron chi connectivity index (χ0n) is 20.4. The number of hydrogen-bond donors (Lipinski definition) is 2. The highest BCUT2D eigenvalue weighted by Crippen LogP contribution is 2.34. The number of benzene rings is 1. The number of carbonyl (C=O) groups is 3. The lowest BCUT2D eigenvalue weighted by Crippen LogP contribution is -2.62. The van der Waals surface area contributed by atoms with Crippen molar-refractivity contribution in [2.24, 2.45) is 0 Å². The van der Waals surface area contributed by atoms with Crippen LogP contribution in [0.25, 0.3) is 0 Å². The largest absolute Gasteiger partial charge is 0.376 e. The number of likely N-dealkylation sites (tertiary alicyclic amines) is 1. The molecule has 0 bridgehead atoms. The fraction of sp³-hybridized carbons (Fsp3) is 0.640. The molecule has 4 amide bonds. The van der Waals surface area contributed by atoms with Crippen molar-refractivity contribution in [1.29, 1.82) is 0 Å². The summed E-state index contributed by atoms with van der Waals surface area (Å²) in [6.07, 6.45) is 4.97. The first-order valence-electron chi connectivity index (χ1n) is 12.2. The molecule has 9 heteroatoms. The van der Waals surface area contributed by atoms with Crippen molar-refractivity contribution in [3.05, 3.63) is 35.6 Å². The Bertz CT molecular complexity index is 857. The van der Waals surface area contributed by atoms with E-state index in [1.54, 1.807) is 17.0 Å². The van der Waals surface area contributed by atoms with Gasteiger partial charge in [-0.15, -0.1) is 0 Å². The number of nitrogens with one attached hydrogen (secondary N) is 2. The number of likely N-dealkylation sites (N-methyl/N-ethyl adjacent to an activating group) is 1. The summed E-state index contributed by atoms with van der Waals surface area (Å²) in [5, 5.41) is 5.67. The quantitative estimate of drug-likeness (QED) is 0.618. The van der Waals surface area contributed by atoms with E-state index in [2.05, 4.69) is 10.6 Å². The van der Waals surface area contributed by atoms with E-state index < -0.39 is 11.8 Å². The van der Waals surface area contributed by atoms with Crippen LogP contribution in [0.3, 0.4) is 0 Å². The van der Waals surface area contributed by atoms with Gasteiger partial charge in [-0.25, -0.2) is 9.18 Å². The van der Waals surface area contributed by atoms with Crippen LogP contribution in [-0.2, 0) is 14.3 Å². The van der Waals surface area contributed by atoms with Gasteiger partial charge >= 0.3 is 17.8 Å². The standard InChI is InChI=1S/C25H37FN4O4/c1-4-27-25(33)30-14-6-9-21(28-23(31)24(32)29(2)3)22(30)16-34-20-12-10-17(11-13-20)18-7-5-8-19(26)15-18/h5,7-8,15,17,20-22H,4,6,9-14,16H2,1-3H3,(H,27,33)(H,28,31)/t17-,20+,21?,22?. The van der Waals surface area contributed by atoms with Gasteiger partial charge in [0.25, 0.3) is 0 Å². The lowest BCUT2D eigenvalue weighted by atomic mass is 9.82. The Morgan fingerprint density at radius 3 is 2.53 bits per heavy atom. The van der Waals surface area contributed by atoms with Gasteiger partial charge in [0.2, 0.25) is 0 Å². The summed E-state index contributed by atoms with van der Waals surface area (Å²) in [4.78, 5) is 40.2. The monoisotopic (exact) mass is 476 g/mol. The summed E-state index contributed by atoms with van der Waals surface area (Å²) in [5.74, 6) is -1.18. The van der Waals surface area contributed by atoms with Crippen LogP contribution in [0.5, 0.6) is 0 Å². The van der Waals surface area contributed by atoms with E-state index in [1.807, 2.05) is 13.0 Å². The van der Waals surface area contributed by atoms with E-state index in [4.69, 9.17) is 4.74 Å². The van der Waals surface area contributed by atoms with Crippen LogP contribution in [0, 0.1) is 5.82 Å². The molecule has 2 atom stereocenters. The van der Waals surface area contributed by atoms with E-state index in [9.17, 15) is 18.8 Å². The minimum absolute atomic E-state index is 0.0441. The zero-order chi connectivity index (χ0) is 24.7. The van der Waals surface area contributed by atoms with Crippen LogP contribution in [0.2, 0.25) is 0 Å². The number of hydrogen-bond acceptors (Lipinski definition) is 4. The SMILES string of the molecule is CCNC(=O)N1CCCC(NC(=O)C(=O)N(C)C)C1CO[C@H]1CC[C@@H](c2cccc(F)c2)CC1. The molecule has 1 aliphatic carbocycles. The highest BCUT2D eigenvalue weighted by atomic mass is 19.1. The average Bonchev–Trinajstić information content (AvgIpc) is 2.83. The van der Waals surface area contributed by atoms with Gasteiger partial charge in [-0.2, -0.15) is 0 Å². The normalized spacial score (nSPS) is 24.9. The van der Waals surface area contributed by atoms with Crippen molar-refractivity contribution in [3.63, 3.8) is 0 Å². The van der Waals surface area contributed by atoms with Gasteiger partial charge in [0.15, 0.2) is 0 Å². The number of urea groups is 1. The predicted octanol–water partition coefficient (Wildman–Crippen LogP) is 2.64. The molecule has 1 saturated heterocycles. The minimum Gasteiger partial charge on any atom is -0.376 e. The van der Waals surface area contributed by atoms with Crippen molar-refractivity contribution >= 4 is 17.8 Å². The van der Waals surface area contributed by atoms with E-state index in [0.717, 1.165) is 37.7 Å².